The Morgan fingerprint density at radius 2 is 2.32 bits per heavy atom. The Morgan fingerprint density at radius 3 is 2.95 bits per heavy atom. The molecule has 0 aromatic heterocycles. The smallest absolute Gasteiger partial charge is 0.312 e. The molecule has 0 amide bonds. The van der Waals surface area contributed by atoms with Gasteiger partial charge in [0.25, 0.3) is 0 Å². The summed E-state index contributed by atoms with van der Waals surface area (Å²) in [7, 11) is 0. The fraction of sp³-hybridized carbons (Fsp3) is 0.500. The Hall–Kier alpha value is -1.18. The maximum Gasteiger partial charge on any atom is 0.312 e. The van der Waals surface area contributed by atoms with Crippen LogP contribution in [-0.4, -0.2) is 35.8 Å². The van der Waals surface area contributed by atoms with E-state index in [1.54, 1.807) is 12.1 Å². The summed E-state index contributed by atoms with van der Waals surface area (Å²) in [6.45, 7) is 3.23. The molecule has 1 aromatic rings. The summed E-state index contributed by atoms with van der Waals surface area (Å²) in [5, 5.41) is 23.6. The summed E-state index contributed by atoms with van der Waals surface area (Å²) in [4.78, 5) is 10.3. The van der Waals surface area contributed by atoms with E-state index in [0.717, 1.165) is 13.0 Å². The maximum atomic E-state index is 10.9. The number of nitro benzene ring substituents is 1. The number of benzene rings is 1. The summed E-state index contributed by atoms with van der Waals surface area (Å²) >= 11 is 3.20. The fourth-order valence-corrected chi connectivity index (χ4v) is 1.94. The van der Waals surface area contributed by atoms with Crippen molar-refractivity contribution in [3.05, 3.63) is 32.8 Å². The van der Waals surface area contributed by atoms with Crippen LogP contribution in [-0.2, 0) is 0 Å². The van der Waals surface area contributed by atoms with Crippen molar-refractivity contribution in [1.82, 2.24) is 5.32 Å². The van der Waals surface area contributed by atoms with Crippen LogP contribution >= 0.6 is 15.9 Å². The van der Waals surface area contributed by atoms with Gasteiger partial charge in [0.1, 0.15) is 12.7 Å². The van der Waals surface area contributed by atoms with E-state index in [4.69, 9.17) is 4.74 Å². The SMILES string of the molecule is CCCNCC(O)COc1c(Br)cccc1[N+](=O)[O-]. The number of aliphatic hydroxyl groups excluding tert-OH is 1. The molecule has 0 heterocycles. The van der Waals surface area contributed by atoms with E-state index in [9.17, 15) is 15.2 Å². The summed E-state index contributed by atoms with van der Waals surface area (Å²) < 4.78 is 5.84. The Bertz CT molecular complexity index is 428. The molecule has 1 aromatic carbocycles. The highest BCUT2D eigenvalue weighted by Gasteiger charge is 2.18. The standard InChI is InChI=1S/C12H17BrN2O4/c1-2-6-14-7-9(16)8-19-12-10(13)4-3-5-11(12)15(17)18/h3-5,9,14,16H,2,6-8H2,1H3. The first-order valence-electron chi connectivity index (χ1n) is 6.00. The van der Waals surface area contributed by atoms with Crippen LogP contribution in [0.5, 0.6) is 5.75 Å². The molecule has 0 fully saturated rings. The molecule has 1 unspecified atom stereocenters. The molecule has 0 spiro atoms. The van der Waals surface area contributed by atoms with E-state index in [1.165, 1.54) is 6.07 Å². The topological polar surface area (TPSA) is 84.6 Å². The number of ether oxygens (including phenoxy) is 1. The minimum atomic E-state index is -0.710. The number of aliphatic hydroxyl groups is 1. The summed E-state index contributed by atoms with van der Waals surface area (Å²) in [6, 6.07) is 4.58. The van der Waals surface area contributed by atoms with Gasteiger partial charge in [0.05, 0.1) is 9.40 Å². The molecule has 0 saturated heterocycles. The average molecular weight is 333 g/mol. The minimum absolute atomic E-state index is 0.000166. The monoisotopic (exact) mass is 332 g/mol. The molecule has 0 radical (unpaired) electrons. The van der Waals surface area contributed by atoms with Crippen LogP contribution in [0.15, 0.2) is 22.7 Å². The van der Waals surface area contributed by atoms with Crippen molar-refractivity contribution in [3.63, 3.8) is 0 Å². The van der Waals surface area contributed by atoms with Gasteiger partial charge in [0.2, 0.25) is 5.75 Å². The van der Waals surface area contributed by atoms with E-state index < -0.39 is 11.0 Å². The first-order valence-corrected chi connectivity index (χ1v) is 6.80. The number of nitrogens with zero attached hydrogens (tertiary/aromatic N) is 1. The van der Waals surface area contributed by atoms with Gasteiger partial charge in [-0.1, -0.05) is 13.0 Å². The van der Waals surface area contributed by atoms with Crippen LogP contribution in [0.1, 0.15) is 13.3 Å². The molecule has 0 aliphatic rings. The zero-order valence-electron chi connectivity index (χ0n) is 10.6. The van der Waals surface area contributed by atoms with Crippen LogP contribution in [0.4, 0.5) is 5.69 Å². The normalized spacial score (nSPS) is 12.2. The lowest BCUT2D eigenvalue weighted by molar-refractivity contribution is -0.386. The molecule has 1 atom stereocenters. The van der Waals surface area contributed by atoms with Crippen LogP contribution in [0, 0.1) is 10.1 Å². The van der Waals surface area contributed by atoms with Gasteiger partial charge in [0.15, 0.2) is 0 Å². The lowest BCUT2D eigenvalue weighted by Crippen LogP contribution is -2.31. The van der Waals surface area contributed by atoms with Crippen molar-refractivity contribution in [1.29, 1.82) is 0 Å². The molecule has 6 nitrogen and oxygen atoms in total. The second kappa shape index (κ2) is 8.08. The molecule has 2 N–H and O–H groups in total. The Kier molecular flexibility index (Phi) is 6.75. The van der Waals surface area contributed by atoms with Crippen molar-refractivity contribution >= 4 is 21.6 Å². The van der Waals surface area contributed by atoms with Crippen LogP contribution in [0.25, 0.3) is 0 Å². The molecular weight excluding hydrogens is 316 g/mol. The summed E-state index contributed by atoms with van der Waals surface area (Å²) in [5.41, 5.74) is -0.122. The predicted octanol–water partition coefficient (Wildman–Crippen LogP) is 2.10. The largest absolute Gasteiger partial charge is 0.483 e. The number of nitrogens with one attached hydrogen (secondary N) is 1. The van der Waals surface area contributed by atoms with Gasteiger partial charge in [-0.05, 0) is 35.0 Å². The third kappa shape index (κ3) is 5.14. The molecule has 19 heavy (non-hydrogen) atoms. The van der Waals surface area contributed by atoms with Gasteiger partial charge in [-0.2, -0.15) is 0 Å². The van der Waals surface area contributed by atoms with Crippen LogP contribution < -0.4 is 10.1 Å². The summed E-state index contributed by atoms with van der Waals surface area (Å²) in [5.74, 6) is 0.141. The molecule has 0 aliphatic heterocycles. The quantitative estimate of drug-likeness (QED) is 0.432. The van der Waals surface area contributed by atoms with Gasteiger partial charge in [-0.3, -0.25) is 10.1 Å². The highest BCUT2D eigenvalue weighted by atomic mass is 79.9. The lowest BCUT2D eigenvalue weighted by Gasteiger charge is -2.13. The van der Waals surface area contributed by atoms with Gasteiger partial charge in [-0.25, -0.2) is 0 Å². The zero-order chi connectivity index (χ0) is 14.3. The average Bonchev–Trinajstić information content (AvgIpc) is 2.37. The zero-order valence-corrected chi connectivity index (χ0v) is 12.2. The Labute approximate surface area is 120 Å². The van der Waals surface area contributed by atoms with Crippen molar-refractivity contribution in [2.75, 3.05) is 19.7 Å². The second-order valence-corrected chi connectivity index (χ2v) is 4.87. The molecule has 0 aliphatic carbocycles. The number of hydrogen-bond donors (Lipinski definition) is 2. The van der Waals surface area contributed by atoms with E-state index in [-0.39, 0.29) is 18.0 Å². The molecule has 0 saturated carbocycles. The fourth-order valence-electron chi connectivity index (χ4n) is 1.47. The van der Waals surface area contributed by atoms with Crippen molar-refractivity contribution in [3.8, 4) is 5.75 Å². The second-order valence-electron chi connectivity index (χ2n) is 4.01. The number of halogens is 1. The van der Waals surface area contributed by atoms with Gasteiger partial charge < -0.3 is 15.2 Å². The van der Waals surface area contributed by atoms with E-state index in [1.807, 2.05) is 6.92 Å². The third-order valence-corrected chi connectivity index (χ3v) is 2.99. The molecular formula is C12H17BrN2O4. The van der Waals surface area contributed by atoms with E-state index >= 15 is 0 Å². The third-order valence-electron chi connectivity index (χ3n) is 2.37. The highest BCUT2D eigenvalue weighted by Crippen LogP contribution is 2.34. The van der Waals surface area contributed by atoms with Crippen LogP contribution in [0.2, 0.25) is 0 Å². The first kappa shape index (κ1) is 15.9. The van der Waals surface area contributed by atoms with Gasteiger partial charge in [-0.15, -0.1) is 0 Å². The van der Waals surface area contributed by atoms with E-state index in [2.05, 4.69) is 21.2 Å². The van der Waals surface area contributed by atoms with Crippen molar-refractivity contribution in [2.24, 2.45) is 0 Å². The molecule has 1 rings (SSSR count). The highest BCUT2D eigenvalue weighted by molar-refractivity contribution is 9.10. The van der Waals surface area contributed by atoms with Crippen LogP contribution in [0.3, 0.4) is 0 Å². The van der Waals surface area contributed by atoms with E-state index in [0.29, 0.717) is 11.0 Å². The molecule has 7 heteroatoms. The Morgan fingerprint density at radius 1 is 1.58 bits per heavy atom. The van der Waals surface area contributed by atoms with Crippen molar-refractivity contribution < 1.29 is 14.8 Å². The predicted molar refractivity (Wildman–Crippen MR) is 75.5 cm³/mol. The summed E-state index contributed by atoms with van der Waals surface area (Å²) in [6.07, 6.45) is 0.266. The number of rotatable bonds is 8. The number of para-hydroxylation sites is 1. The number of hydrogen-bond acceptors (Lipinski definition) is 5. The lowest BCUT2D eigenvalue weighted by atomic mass is 10.3. The number of nitro groups is 1. The maximum absolute atomic E-state index is 10.9. The van der Waals surface area contributed by atoms with Gasteiger partial charge >= 0.3 is 5.69 Å². The Balaban J connectivity index is 2.59. The minimum Gasteiger partial charge on any atom is -0.483 e. The van der Waals surface area contributed by atoms with Crippen molar-refractivity contribution in [2.45, 2.75) is 19.4 Å². The molecule has 0 bridgehead atoms. The first-order chi connectivity index (χ1) is 9.06. The molecule has 106 valence electrons. The van der Waals surface area contributed by atoms with Gasteiger partial charge in [0, 0.05) is 12.6 Å².